The van der Waals surface area contributed by atoms with Crippen molar-refractivity contribution in [1.82, 2.24) is 15.2 Å². The molecule has 1 N–H and O–H groups in total. The first-order chi connectivity index (χ1) is 18.4. The van der Waals surface area contributed by atoms with Gasteiger partial charge in [0.05, 0.1) is 17.4 Å². The zero-order chi connectivity index (χ0) is 26.4. The fourth-order valence-electron chi connectivity index (χ4n) is 5.43. The molecule has 194 valence electrons. The van der Waals surface area contributed by atoms with Gasteiger partial charge in [-0.05, 0) is 48.1 Å². The molecule has 1 saturated heterocycles. The van der Waals surface area contributed by atoms with Gasteiger partial charge < -0.3 is 12.5 Å². The van der Waals surface area contributed by atoms with Crippen LogP contribution in [0.4, 0.5) is 8.78 Å². The third kappa shape index (κ3) is 4.18. The van der Waals surface area contributed by atoms with Crippen molar-refractivity contribution in [2.75, 3.05) is 13.2 Å². The molecule has 2 fully saturated rings. The van der Waals surface area contributed by atoms with E-state index < -0.39 is 23.0 Å². The van der Waals surface area contributed by atoms with Gasteiger partial charge >= 0.3 is 5.97 Å². The van der Waals surface area contributed by atoms with Gasteiger partial charge in [0.15, 0.2) is 34.6 Å². The molecule has 0 atom stereocenters. The number of hydrogen-bond donors (Lipinski definition) is 1. The standard InChI is InChI=1S/C28H22F2IN3O4/c1-2-28(27(35)38-31)12-18(13-28)37-26-20-11-23-17(14-32-34-23)9-19(20)24(16-3-4-21(29)22(30)10-16)25(33-26)15-5-7-36-8-6-15/h1,3-4,9-11,14-15,18H,5-8,12-13H2,(H,32,34). The van der Waals surface area contributed by atoms with Crippen molar-refractivity contribution < 1.29 is 26.1 Å². The molecule has 1 aliphatic heterocycles. The summed E-state index contributed by atoms with van der Waals surface area (Å²) in [7, 11) is 0. The quantitative estimate of drug-likeness (QED) is 0.215. The number of pyridine rings is 1. The molecular weight excluding hydrogens is 607 g/mol. The summed E-state index contributed by atoms with van der Waals surface area (Å²) in [5.41, 5.74) is 1.74. The zero-order valence-corrected chi connectivity index (χ0v) is 22.3. The van der Waals surface area contributed by atoms with Crippen LogP contribution in [-0.4, -0.2) is 40.5 Å². The monoisotopic (exact) mass is 629 g/mol. The first-order valence-corrected chi connectivity index (χ1v) is 13.1. The van der Waals surface area contributed by atoms with Crippen LogP contribution >= 0.6 is 23.0 Å². The lowest BCUT2D eigenvalue weighted by Gasteiger charge is -2.40. The van der Waals surface area contributed by atoms with Crippen LogP contribution < -0.4 is 4.74 Å². The van der Waals surface area contributed by atoms with Crippen molar-refractivity contribution in [1.29, 1.82) is 0 Å². The molecule has 3 heterocycles. The number of benzene rings is 2. The number of fused-ring (bicyclic) bond motifs is 2. The Bertz CT molecular complexity index is 1600. The first-order valence-electron chi connectivity index (χ1n) is 12.2. The van der Waals surface area contributed by atoms with E-state index in [0.717, 1.165) is 46.5 Å². The van der Waals surface area contributed by atoms with Crippen LogP contribution in [0.15, 0.2) is 36.5 Å². The molecule has 0 bridgehead atoms. The van der Waals surface area contributed by atoms with Crippen molar-refractivity contribution in [3.8, 4) is 29.4 Å². The molecule has 1 aliphatic carbocycles. The molecule has 10 heteroatoms. The number of hydrogen-bond acceptors (Lipinski definition) is 6. The van der Waals surface area contributed by atoms with E-state index in [2.05, 4.69) is 16.1 Å². The topological polar surface area (TPSA) is 86.3 Å². The van der Waals surface area contributed by atoms with Crippen LogP contribution in [0.5, 0.6) is 5.88 Å². The van der Waals surface area contributed by atoms with Crippen LogP contribution in [0.2, 0.25) is 0 Å². The van der Waals surface area contributed by atoms with Gasteiger partial charge in [0, 0.05) is 48.3 Å². The summed E-state index contributed by atoms with van der Waals surface area (Å²) < 4.78 is 45.2. The lowest BCUT2D eigenvalue weighted by atomic mass is 9.67. The van der Waals surface area contributed by atoms with Crippen molar-refractivity contribution >= 4 is 50.7 Å². The predicted octanol–water partition coefficient (Wildman–Crippen LogP) is 6.00. The molecule has 0 spiro atoms. The van der Waals surface area contributed by atoms with E-state index in [1.165, 1.54) is 6.07 Å². The van der Waals surface area contributed by atoms with E-state index in [-0.39, 0.29) is 12.0 Å². The van der Waals surface area contributed by atoms with Gasteiger partial charge in [-0.15, -0.1) is 6.42 Å². The second kappa shape index (κ2) is 9.78. The SMILES string of the molecule is C#CC1(C(=O)OI)CC(Oc2nc(C3CCOCC3)c(-c3ccc(F)c(F)c3)c3cc4cn[nH]c4cc23)C1. The Hall–Kier alpha value is -3.30. The van der Waals surface area contributed by atoms with Crippen LogP contribution in [0.3, 0.4) is 0 Å². The number of terminal acetylenes is 1. The van der Waals surface area contributed by atoms with Gasteiger partial charge in [0.1, 0.15) is 11.5 Å². The Morgan fingerprint density at radius 1 is 1.16 bits per heavy atom. The number of rotatable bonds is 5. The minimum Gasteiger partial charge on any atom is -0.474 e. The summed E-state index contributed by atoms with van der Waals surface area (Å²) in [5.74, 6) is 0.680. The average molecular weight is 629 g/mol. The summed E-state index contributed by atoms with van der Waals surface area (Å²) in [6, 6.07) is 7.76. The smallest absolute Gasteiger partial charge is 0.333 e. The third-order valence-corrected chi connectivity index (χ3v) is 7.94. The number of aromatic amines is 1. The van der Waals surface area contributed by atoms with Crippen molar-refractivity contribution in [2.45, 2.75) is 37.7 Å². The fraction of sp³-hybridized carbons (Fsp3) is 0.321. The van der Waals surface area contributed by atoms with E-state index in [4.69, 9.17) is 23.9 Å². The normalized spacial score (nSPS) is 21.7. The van der Waals surface area contributed by atoms with E-state index in [9.17, 15) is 13.6 Å². The highest BCUT2D eigenvalue weighted by molar-refractivity contribution is 14.1. The Morgan fingerprint density at radius 2 is 1.95 bits per heavy atom. The lowest BCUT2D eigenvalue weighted by molar-refractivity contribution is -0.148. The van der Waals surface area contributed by atoms with E-state index in [0.29, 0.717) is 42.9 Å². The Morgan fingerprint density at radius 3 is 2.66 bits per heavy atom. The highest BCUT2D eigenvalue weighted by Crippen LogP contribution is 2.47. The molecule has 2 aliphatic rings. The third-order valence-electron chi connectivity index (χ3n) is 7.54. The van der Waals surface area contributed by atoms with Crippen LogP contribution in [0.25, 0.3) is 32.8 Å². The molecule has 1 saturated carbocycles. The molecule has 7 nitrogen and oxygen atoms in total. The molecular formula is C28H22F2IN3O4. The van der Waals surface area contributed by atoms with Gasteiger partial charge in [0.25, 0.3) is 0 Å². The maximum Gasteiger partial charge on any atom is 0.333 e. The van der Waals surface area contributed by atoms with Gasteiger partial charge in [-0.25, -0.2) is 18.6 Å². The molecule has 0 amide bonds. The Balaban J connectivity index is 1.53. The number of nitrogens with one attached hydrogen (secondary N) is 1. The lowest BCUT2D eigenvalue weighted by Crippen LogP contribution is -2.48. The number of H-pyrrole nitrogens is 1. The highest BCUT2D eigenvalue weighted by Gasteiger charge is 2.52. The highest BCUT2D eigenvalue weighted by atomic mass is 127. The fourth-order valence-corrected chi connectivity index (χ4v) is 5.85. The second-order valence-corrected chi connectivity index (χ2v) is 10.2. The molecule has 4 aromatic rings. The van der Waals surface area contributed by atoms with Gasteiger partial charge in [0.2, 0.25) is 5.88 Å². The Kier molecular flexibility index (Phi) is 6.44. The summed E-state index contributed by atoms with van der Waals surface area (Å²) in [6.45, 7) is 1.15. The van der Waals surface area contributed by atoms with Crippen molar-refractivity contribution in [3.05, 3.63) is 53.9 Å². The number of halogens is 3. The molecule has 6 rings (SSSR count). The summed E-state index contributed by atoms with van der Waals surface area (Å²) in [6.07, 6.45) is 9.10. The predicted molar refractivity (Wildman–Crippen MR) is 145 cm³/mol. The minimum absolute atomic E-state index is 0.0267. The summed E-state index contributed by atoms with van der Waals surface area (Å²) >= 11 is 1.54. The number of aromatic nitrogens is 3. The van der Waals surface area contributed by atoms with Crippen molar-refractivity contribution in [3.63, 3.8) is 0 Å². The Labute approximate surface area is 230 Å². The largest absolute Gasteiger partial charge is 0.474 e. The summed E-state index contributed by atoms with van der Waals surface area (Å²) in [5, 5.41) is 9.45. The maximum absolute atomic E-state index is 14.4. The first kappa shape index (κ1) is 25.0. The number of carbonyl (C=O) groups is 1. The molecule has 38 heavy (non-hydrogen) atoms. The van der Waals surface area contributed by atoms with E-state index in [1.807, 2.05) is 12.1 Å². The number of ether oxygens (including phenoxy) is 2. The van der Waals surface area contributed by atoms with E-state index >= 15 is 0 Å². The molecule has 2 aromatic heterocycles. The molecule has 2 aromatic carbocycles. The maximum atomic E-state index is 14.4. The molecule has 0 radical (unpaired) electrons. The molecule has 0 unspecified atom stereocenters. The van der Waals surface area contributed by atoms with Crippen LogP contribution in [0.1, 0.15) is 37.3 Å². The second-order valence-electron chi connectivity index (χ2n) is 9.79. The number of nitrogens with zero attached hydrogens (tertiary/aromatic N) is 2. The van der Waals surface area contributed by atoms with Crippen LogP contribution in [-0.2, 0) is 12.6 Å². The zero-order valence-electron chi connectivity index (χ0n) is 20.1. The number of carbonyl (C=O) groups excluding carboxylic acids is 1. The average Bonchev–Trinajstić information content (AvgIpc) is 3.38. The minimum atomic E-state index is -1.02. The summed E-state index contributed by atoms with van der Waals surface area (Å²) in [4.78, 5) is 17.3. The van der Waals surface area contributed by atoms with Gasteiger partial charge in [-0.1, -0.05) is 12.0 Å². The van der Waals surface area contributed by atoms with E-state index in [1.54, 1.807) is 35.3 Å². The van der Waals surface area contributed by atoms with Crippen LogP contribution in [0, 0.1) is 29.4 Å². The van der Waals surface area contributed by atoms with Crippen molar-refractivity contribution in [2.24, 2.45) is 5.41 Å². The van der Waals surface area contributed by atoms with Gasteiger partial charge in [-0.3, -0.25) is 5.10 Å². The van der Waals surface area contributed by atoms with Gasteiger partial charge in [-0.2, -0.15) is 5.10 Å².